The largest absolute Gasteiger partial charge is 0.486 e. The fourth-order valence-electron chi connectivity index (χ4n) is 3.76. The molecule has 0 aliphatic carbocycles. The highest BCUT2D eigenvalue weighted by molar-refractivity contribution is 6.30. The van der Waals surface area contributed by atoms with E-state index < -0.39 is 17.0 Å². The molecule has 7 heteroatoms. The first-order valence-electron chi connectivity index (χ1n) is 10.0. The Morgan fingerprint density at radius 3 is 2.31 bits per heavy atom. The van der Waals surface area contributed by atoms with E-state index in [2.05, 4.69) is 0 Å². The molecular weight excluding hydrogens is 433 g/mol. The van der Waals surface area contributed by atoms with Gasteiger partial charge in [0.05, 0.1) is 16.5 Å². The number of hydrogen-bond donors (Lipinski definition) is 0. The van der Waals surface area contributed by atoms with Crippen LogP contribution in [0.2, 0.25) is 5.02 Å². The number of rotatable bonds is 4. The van der Waals surface area contributed by atoms with Crippen molar-refractivity contribution in [3.63, 3.8) is 0 Å². The van der Waals surface area contributed by atoms with Gasteiger partial charge in [-0.05, 0) is 48.0 Å². The van der Waals surface area contributed by atoms with E-state index in [0.717, 1.165) is 5.56 Å². The number of ketones is 1. The second-order valence-corrected chi connectivity index (χ2v) is 7.91. The van der Waals surface area contributed by atoms with Crippen molar-refractivity contribution in [3.05, 3.63) is 105 Å². The van der Waals surface area contributed by atoms with E-state index in [1.807, 2.05) is 16.7 Å². The molecule has 0 N–H and O–H groups in total. The zero-order valence-corrected chi connectivity index (χ0v) is 17.6. The summed E-state index contributed by atoms with van der Waals surface area (Å²) in [5, 5.41) is 0.960. The first-order chi connectivity index (χ1) is 15.5. The molecule has 4 aromatic rings. The molecule has 0 radical (unpaired) electrons. The summed E-state index contributed by atoms with van der Waals surface area (Å²) >= 11 is 6.01. The molecule has 0 spiro atoms. The van der Waals surface area contributed by atoms with Gasteiger partial charge in [-0.3, -0.25) is 9.59 Å². The van der Waals surface area contributed by atoms with Crippen LogP contribution in [0.4, 0.5) is 4.39 Å². The number of hydrogen-bond acceptors (Lipinski definition) is 4. The Balaban J connectivity index is 1.70. The number of carbonyl (C=O) groups is 1. The third-order valence-corrected chi connectivity index (χ3v) is 5.61. The zero-order chi connectivity index (χ0) is 22.2. The summed E-state index contributed by atoms with van der Waals surface area (Å²) in [5.41, 5.74) is 1.37. The van der Waals surface area contributed by atoms with Crippen molar-refractivity contribution in [1.29, 1.82) is 0 Å². The molecule has 0 bridgehead atoms. The van der Waals surface area contributed by atoms with Gasteiger partial charge in [0.15, 0.2) is 17.3 Å². The maximum Gasteiger partial charge on any atom is 0.200 e. The lowest BCUT2D eigenvalue weighted by atomic mass is 10.0. The lowest BCUT2D eigenvalue weighted by molar-refractivity contribution is 0.103. The van der Waals surface area contributed by atoms with Crippen LogP contribution in [-0.2, 0) is 6.54 Å². The van der Waals surface area contributed by atoms with Crippen molar-refractivity contribution in [1.82, 2.24) is 4.57 Å². The van der Waals surface area contributed by atoms with E-state index in [1.54, 1.807) is 30.5 Å². The van der Waals surface area contributed by atoms with Crippen LogP contribution in [0.25, 0.3) is 10.9 Å². The maximum absolute atomic E-state index is 13.3. The molecule has 0 atom stereocenters. The van der Waals surface area contributed by atoms with Crippen LogP contribution in [0.3, 0.4) is 0 Å². The van der Waals surface area contributed by atoms with Gasteiger partial charge in [0.2, 0.25) is 5.43 Å². The minimum Gasteiger partial charge on any atom is -0.486 e. The van der Waals surface area contributed by atoms with E-state index in [9.17, 15) is 14.0 Å². The van der Waals surface area contributed by atoms with E-state index in [0.29, 0.717) is 47.2 Å². The smallest absolute Gasteiger partial charge is 0.200 e. The van der Waals surface area contributed by atoms with Gasteiger partial charge in [-0.1, -0.05) is 23.7 Å². The first kappa shape index (κ1) is 20.3. The second-order valence-electron chi connectivity index (χ2n) is 7.48. The molecule has 32 heavy (non-hydrogen) atoms. The van der Waals surface area contributed by atoms with E-state index in [4.69, 9.17) is 21.1 Å². The van der Waals surface area contributed by atoms with Crippen LogP contribution in [-0.4, -0.2) is 23.6 Å². The molecular formula is C25H17ClFNO4. The molecule has 1 aromatic heterocycles. The van der Waals surface area contributed by atoms with Gasteiger partial charge in [0.1, 0.15) is 19.0 Å². The molecule has 5 nitrogen and oxygen atoms in total. The zero-order valence-electron chi connectivity index (χ0n) is 16.8. The predicted molar refractivity (Wildman–Crippen MR) is 120 cm³/mol. The number of halogens is 2. The van der Waals surface area contributed by atoms with Gasteiger partial charge < -0.3 is 14.0 Å². The Hall–Kier alpha value is -3.64. The van der Waals surface area contributed by atoms with Crippen molar-refractivity contribution < 1.29 is 18.7 Å². The summed E-state index contributed by atoms with van der Waals surface area (Å²) in [4.78, 5) is 26.5. The van der Waals surface area contributed by atoms with Crippen LogP contribution < -0.4 is 14.9 Å². The lowest BCUT2D eigenvalue weighted by Gasteiger charge is -2.21. The number of nitrogens with zero attached hydrogens (tertiary/aromatic N) is 1. The van der Waals surface area contributed by atoms with E-state index in [1.165, 1.54) is 24.3 Å². The van der Waals surface area contributed by atoms with Gasteiger partial charge >= 0.3 is 0 Å². The number of pyridine rings is 1. The highest BCUT2D eigenvalue weighted by atomic mass is 35.5. The molecule has 2 heterocycles. The molecule has 1 aliphatic heterocycles. The van der Waals surface area contributed by atoms with Crippen molar-refractivity contribution in [2.24, 2.45) is 0 Å². The SMILES string of the molecule is O=C(c1ccc(F)cc1)c1cn(Cc2ccc(Cl)cc2)c2cc3c(cc2c1=O)OCCO3. The molecule has 0 amide bonds. The molecule has 5 rings (SSSR count). The standard InChI is InChI=1S/C25H17ClFNO4/c26-17-5-1-15(2-6-17)13-28-14-20(24(29)16-3-7-18(27)8-4-16)25(30)19-11-22-23(12-21(19)28)32-10-9-31-22/h1-8,11-12,14H,9-10,13H2. The Kier molecular flexibility index (Phi) is 5.15. The van der Waals surface area contributed by atoms with Gasteiger partial charge in [0.25, 0.3) is 0 Å². The summed E-state index contributed by atoms with van der Waals surface area (Å²) < 4.78 is 26.5. The number of benzene rings is 3. The van der Waals surface area contributed by atoms with E-state index in [-0.39, 0.29) is 11.1 Å². The van der Waals surface area contributed by atoms with Crippen LogP contribution in [0.15, 0.2) is 71.7 Å². The molecule has 0 saturated heterocycles. The van der Waals surface area contributed by atoms with Crippen LogP contribution in [0.5, 0.6) is 11.5 Å². The lowest BCUT2D eigenvalue weighted by Crippen LogP contribution is -2.21. The Morgan fingerprint density at radius 2 is 1.62 bits per heavy atom. The summed E-state index contributed by atoms with van der Waals surface area (Å²) in [6.07, 6.45) is 1.54. The van der Waals surface area contributed by atoms with Gasteiger partial charge in [0, 0.05) is 29.4 Å². The fourth-order valence-corrected chi connectivity index (χ4v) is 3.89. The van der Waals surface area contributed by atoms with Crippen molar-refractivity contribution in [2.75, 3.05) is 13.2 Å². The minimum absolute atomic E-state index is 0.00486. The Morgan fingerprint density at radius 1 is 0.969 bits per heavy atom. The molecule has 0 saturated carbocycles. The van der Waals surface area contributed by atoms with Crippen molar-refractivity contribution in [3.8, 4) is 11.5 Å². The van der Waals surface area contributed by atoms with Crippen LogP contribution in [0.1, 0.15) is 21.5 Å². The summed E-state index contributed by atoms with van der Waals surface area (Å²) in [5.74, 6) is 0.0801. The maximum atomic E-state index is 13.3. The highest BCUT2D eigenvalue weighted by Crippen LogP contribution is 2.34. The molecule has 1 aliphatic rings. The molecule has 160 valence electrons. The van der Waals surface area contributed by atoms with Crippen LogP contribution >= 0.6 is 11.6 Å². The normalized spacial score (nSPS) is 12.7. The molecule has 0 fully saturated rings. The number of aromatic nitrogens is 1. The summed E-state index contributed by atoms with van der Waals surface area (Å²) in [6.45, 7) is 1.20. The highest BCUT2D eigenvalue weighted by Gasteiger charge is 2.21. The first-order valence-corrected chi connectivity index (χ1v) is 10.4. The Labute approximate surface area is 187 Å². The third-order valence-electron chi connectivity index (χ3n) is 5.36. The average Bonchev–Trinajstić information content (AvgIpc) is 2.81. The minimum atomic E-state index is -0.475. The monoisotopic (exact) mass is 449 g/mol. The third kappa shape index (κ3) is 3.74. The van der Waals surface area contributed by atoms with Gasteiger partial charge in [-0.25, -0.2) is 4.39 Å². The predicted octanol–water partition coefficient (Wildman–Crippen LogP) is 4.84. The fraction of sp³-hybridized carbons (Fsp3) is 0.120. The van der Waals surface area contributed by atoms with E-state index >= 15 is 0 Å². The number of ether oxygens (including phenoxy) is 2. The topological polar surface area (TPSA) is 57.5 Å². The number of carbonyl (C=O) groups excluding carboxylic acids is 1. The quantitative estimate of drug-likeness (QED) is 0.418. The van der Waals surface area contributed by atoms with Gasteiger partial charge in [-0.15, -0.1) is 0 Å². The number of fused-ring (bicyclic) bond motifs is 2. The summed E-state index contributed by atoms with van der Waals surface area (Å²) in [6, 6.07) is 15.8. The van der Waals surface area contributed by atoms with Crippen LogP contribution in [0, 0.1) is 5.82 Å². The average molecular weight is 450 g/mol. The van der Waals surface area contributed by atoms with Crippen molar-refractivity contribution in [2.45, 2.75) is 6.54 Å². The Bertz CT molecular complexity index is 1400. The molecule has 3 aromatic carbocycles. The van der Waals surface area contributed by atoms with Crippen molar-refractivity contribution >= 4 is 28.3 Å². The summed E-state index contributed by atoms with van der Waals surface area (Å²) in [7, 11) is 0. The van der Waals surface area contributed by atoms with Gasteiger partial charge in [-0.2, -0.15) is 0 Å². The molecule has 0 unspecified atom stereocenters. The second kappa shape index (κ2) is 8.13.